The molecule has 0 aromatic carbocycles. The van der Waals surface area contributed by atoms with Crippen LogP contribution >= 0.6 is 0 Å². The maximum absolute atomic E-state index is 13.4. The number of hydrogen-bond donors (Lipinski definition) is 0. The monoisotopic (exact) mass is 552 g/mol. The summed E-state index contributed by atoms with van der Waals surface area (Å²) in [7, 11) is -5.60. The molecule has 0 N–H and O–H groups in total. The van der Waals surface area contributed by atoms with Gasteiger partial charge in [-0.3, -0.25) is 8.98 Å². The van der Waals surface area contributed by atoms with Crippen LogP contribution in [0, 0.1) is 0 Å². The molecule has 0 fully saturated rings. The molecule has 1 aliphatic rings. The first-order chi connectivity index (χ1) is 16.3. The number of aromatic nitrogens is 2. The average Bonchev–Trinajstić information content (AvgIpc) is 3.12. The maximum Gasteiger partial charge on any atom is 0.410 e. The normalized spacial score (nSPS) is 15.1. The average molecular weight is 553 g/mol. The van der Waals surface area contributed by atoms with Crippen LogP contribution in [0.1, 0.15) is 48.9 Å². The first kappa shape index (κ1) is 29.5. The highest BCUT2D eigenvalue weighted by molar-refractivity contribution is 7.89. The summed E-state index contributed by atoms with van der Waals surface area (Å²) in [6.07, 6.45) is -0.510. The molecule has 0 radical (unpaired) electrons. The van der Waals surface area contributed by atoms with Crippen molar-refractivity contribution < 1.29 is 44.9 Å². The molecule has 1 aromatic heterocycles. The molecule has 0 spiro atoms. The summed E-state index contributed by atoms with van der Waals surface area (Å²) < 4.78 is 63.1. The molecule has 0 saturated carbocycles. The maximum atomic E-state index is 13.4. The molecular weight excluding hydrogens is 520 g/mol. The Morgan fingerprint density at radius 2 is 1.75 bits per heavy atom. The van der Waals surface area contributed by atoms with Crippen molar-refractivity contribution in [1.82, 2.24) is 19.0 Å². The molecule has 14 nitrogen and oxygen atoms in total. The lowest BCUT2D eigenvalue weighted by Gasteiger charge is -2.30. The molecule has 204 valence electrons. The summed E-state index contributed by atoms with van der Waals surface area (Å²) in [5.41, 5.74) is -0.407. The molecular formula is C20H32N4O10S2. The number of hydrogen-bond acceptors (Lipinski definition) is 11. The van der Waals surface area contributed by atoms with Gasteiger partial charge in [-0.05, 0) is 20.8 Å². The molecule has 36 heavy (non-hydrogen) atoms. The predicted molar refractivity (Wildman–Crippen MR) is 126 cm³/mol. The summed E-state index contributed by atoms with van der Waals surface area (Å²) in [5, 5.41) is 4.10. The van der Waals surface area contributed by atoms with Crippen molar-refractivity contribution in [2.75, 3.05) is 39.8 Å². The molecule has 2 rings (SSSR count). The summed E-state index contributed by atoms with van der Waals surface area (Å²) in [6.45, 7) is 5.06. The van der Waals surface area contributed by atoms with E-state index in [4.69, 9.17) is 8.92 Å². The lowest BCUT2D eigenvalue weighted by molar-refractivity contribution is -0.149. The lowest BCUT2D eigenvalue weighted by Crippen LogP contribution is -2.41. The summed E-state index contributed by atoms with van der Waals surface area (Å²) in [4.78, 5) is 40.3. The first-order valence-corrected chi connectivity index (χ1v) is 14.5. The van der Waals surface area contributed by atoms with Gasteiger partial charge in [-0.2, -0.15) is 17.6 Å². The number of rotatable bonds is 8. The van der Waals surface area contributed by atoms with Gasteiger partial charge in [0.15, 0.2) is 6.10 Å². The quantitative estimate of drug-likeness (QED) is 0.313. The first-order valence-electron chi connectivity index (χ1n) is 10.8. The van der Waals surface area contributed by atoms with Crippen LogP contribution in [0.15, 0.2) is 0 Å². The van der Waals surface area contributed by atoms with Crippen LogP contribution in [0.3, 0.4) is 0 Å². The Hall–Kier alpha value is -2.72. The largest absolute Gasteiger partial charge is 0.467 e. The molecule has 1 atom stereocenters. The van der Waals surface area contributed by atoms with E-state index in [2.05, 4.69) is 9.84 Å². The molecule has 0 bridgehead atoms. The summed E-state index contributed by atoms with van der Waals surface area (Å²) in [5.74, 6) is -1.71. The number of esters is 1. The van der Waals surface area contributed by atoms with Crippen molar-refractivity contribution in [3.8, 4) is 0 Å². The van der Waals surface area contributed by atoms with Gasteiger partial charge in [0, 0.05) is 38.5 Å². The van der Waals surface area contributed by atoms with E-state index in [0.717, 1.165) is 24.5 Å². The molecule has 2 heterocycles. The molecule has 16 heteroatoms. The van der Waals surface area contributed by atoms with Crippen LogP contribution in [-0.4, -0.2) is 105 Å². The van der Waals surface area contributed by atoms with Gasteiger partial charge in [-0.15, -0.1) is 0 Å². The van der Waals surface area contributed by atoms with Crippen LogP contribution in [0.5, 0.6) is 0 Å². The van der Waals surface area contributed by atoms with Crippen LogP contribution in [0.4, 0.5) is 4.79 Å². The minimum Gasteiger partial charge on any atom is -0.467 e. The van der Waals surface area contributed by atoms with E-state index in [1.807, 2.05) is 0 Å². The lowest BCUT2D eigenvalue weighted by atomic mass is 10.0. The number of fused-ring (bicyclic) bond motifs is 1. The van der Waals surface area contributed by atoms with Crippen molar-refractivity contribution in [2.24, 2.45) is 0 Å². The Balaban J connectivity index is 2.35. The topological polar surface area (TPSA) is 171 Å². The fourth-order valence-corrected chi connectivity index (χ4v) is 4.79. The van der Waals surface area contributed by atoms with Gasteiger partial charge in [0.2, 0.25) is 0 Å². The molecule has 1 unspecified atom stereocenters. The van der Waals surface area contributed by atoms with Gasteiger partial charge in [0.25, 0.3) is 26.0 Å². The van der Waals surface area contributed by atoms with Crippen LogP contribution in [0.2, 0.25) is 0 Å². The SMILES string of the molecule is COC(=O)C(CCN(C)C(=O)c1c2c(nn1S(C)(=O)=O)CCN(C(=O)OC(C)(C)C)C2)OS(C)(=O)=O. The third-order valence-corrected chi connectivity index (χ3v) is 6.48. The van der Waals surface area contributed by atoms with Crippen molar-refractivity contribution >= 4 is 38.1 Å². The van der Waals surface area contributed by atoms with Gasteiger partial charge in [-0.1, -0.05) is 0 Å². The van der Waals surface area contributed by atoms with Crippen molar-refractivity contribution in [3.63, 3.8) is 0 Å². The van der Waals surface area contributed by atoms with Gasteiger partial charge in [-0.25, -0.2) is 18.0 Å². The zero-order valence-electron chi connectivity index (χ0n) is 21.3. The third-order valence-electron chi connectivity index (χ3n) is 5.00. The van der Waals surface area contributed by atoms with E-state index in [1.54, 1.807) is 20.8 Å². The Morgan fingerprint density at radius 1 is 1.14 bits per heavy atom. The van der Waals surface area contributed by atoms with E-state index < -0.39 is 49.8 Å². The minimum absolute atomic E-state index is 0.101. The minimum atomic E-state index is -4.00. The van der Waals surface area contributed by atoms with Crippen LogP contribution < -0.4 is 0 Å². The smallest absolute Gasteiger partial charge is 0.410 e. The van der Waals surface area contributed by atoms with E-state index in [-0.39, 0.29) is 43.7 Å². The molecule has 2 amide bonds. The molecule has 1 aromatic rings. The Morgan fingerprint density at radius 3 is 2.25 bits per heavy atom. The Kier molecular flexibility index (Phi) is 8.79. The van der Waals surface area contributed by atoms with E-state index in [1.165, 1.54) is 11.9 Å². The van der Waals surface area contributed by atoms with E-state index in [0.29, 0.717) is 9.78 Å². The Bertz CT molecular complexity index is 1230. The second-order valence-corrected chi connectivity index (χ2v) is 12.8. The number of carbonyl (C=O) groups excluding carboxylic acids is 3. The molecule has 1 aliphatic heterocycles. The zero-order chi connectivity index (χ0) is 27.6. The molecule has 0 saturated heterocycles. The Labute approximate surface area is 210 Å². The highest BCUT2D eigenvalue weighted by atomic mass is 32.2. The van der Waals surface area contributed by atoms with Crippen molar-refractivity contribution in [1.29, 1.82) is 0 Å². The van der Waals surface area contributed by atoms with Gasteiger partial charge in [0.05, 0.1) is 31.9 Å². The van der Waals surface area contributed by atoms with Crippen molar-refractivity contribution in [3.05, 3.63) is 17.0 Å². The number of nitrogens with zero attached hydrogens (tertiary/aromatic N) is 4. The van der Waals surface area contributed by atoms with Crippen LogP contribution in [0.25, 0.3) is 0 Å². The van der Waals surface area contributed by atoms with E-state index >= 15 is 0 Å². The van der Waals surface area contributed by atoms with E-state index in [9.17, 15) is 31.2 Å². The third kappa shape index (κ3) is 7.64. The van der Waals surface area contributed by atoms with Crippen molar-refractivity contribution in [2.45, 2.75) is 51.9 Å². The second-order valence-electron chi connectivity index (χ2n) is 9.36. The second kappa shape index (κ2) is 10.7. The highest BCUT2D eigenvalue weighted by Crippen LogP contribution is 2.26. The van der Waals surface area contributed by atoms with Crippen LogP contribution in [-0.2, 0) is 51.6 Å². The predicted octanol–water partition coefficient (Wildman–Crippen LogP) is -0.0361. The highest BCUT2D eigenvalue weighted by Gasteiger charge is 2.35. The zero-order valence-corrected chi connectivity index (χ0v) is 22.9. The standard InChI is InChI=1S/C20H32N4O10S2/c1-20(2,3)33-19(27)23-11-8-14-13(12-23)16(24(21-14)35(6,28)29)17(25)22(4)10-9-15(18(26)32-5)34-36(7,30)31/h15H,8-12H2,1-7H3. The van der Waals surface area contributed by atoms with Gasteiger partial charge >= 0.3 is 12.1 Å². The molecule has 0 aliphatic carbocycles. The van der Waals surface area contributed by atoms with Gasteiger partial charge in [0.1, 0.15) is 11.3 Å². The fraction of sp³-hybridized carbons (Fsp3) is 0.700. The van der Waals surface area contributed by atoms with Gasteiger partial charge < -0.3 is 19.3 Å². The number of carbonyl (C=O) groups is 3. The number of amides is 2. The number of ether oxygens (including phenoxy) is 2. The summed E-state index contributed by atoms with van der Waals surface area (Å²) in [6, 6.07) is 0. The number of methoxy groups -OCH3 is 1. The summed E-state index contributed by atoms with van der Waals surface area (Å²) >= 11 is 0. The fourth-order valence-electron chi connectivity index (χ4n) is 3.42.